The number of hydrogen-bond donors (Lipinski definition) is 1. The molecule has 1 N–H and O–H groups in total. The van der Waals surface area contributed by atoms with Crippen LogP contribution in [0.3, 0.4) is 0 Å². The minimum absolute atomic E-state index is 0.114. The third-order valence-corrected chi connectivity index (χ3v) is 7.86. The average Bonchev–Trinajstić information content (AvgIpc) is 3.43. The van der Waals surface area contributed by atoms with E-state index in [9.17, 15) is 17.6 Å². The van der Waals surface area contributed by atoms with Gasteiger partial charge in [-0.05, 0) is 48.9 Å². The summed E-state index contributed by atoms with van der Waals surface area (Å²) >= 11 is 0. The van der Waals surface area contributed by atoms with E-state index in [0.717, 1.165) is 25.5 Å². The van der Waals surface area contributed by atoms with Gasteiger partial charge in [-0.15, -0.1) is 0 Å². The van der Waals surface area contributed by atoms with E-state index in [4.69, 9.17) is 0 Å². The highest BCUT2D eigenvalue weighted by molar-refractivity contribution is 7.88. The molecular weight excluding hydrogens is 448 g/mol. The van der Waals surface area contributed by atoms with Crippen LogP contribution in [0.2, 0.25) is 0 Å². The fourth-order valence-corrected chi connectivity index (χ4v) is 6.04. The zero-order chi connectivity index (χ0) is 23.4. The molecule has 1 aliphatic carbocycles. The van der Waals surface area contributed by atoms with Gasteiger partial charge < -0.3 is 9.80 Å². The van der Waals surface area contributed by atoms with E-state index in [1.54, 1.807) is 34.1 Å². The number of likely N-dealkylation sites (tertiary alicyclic amines) is 2. The molecule has 2 aromatic rings. The quantitative estimate of drug-likeness (QED) is 0.721. The van der Waals surface area contributed by atoms with Crippen molar-refractivity contribution in [2.24, 2.45) is 5.41 Å². The van der Waals surface area contributed by atoms with Crippen molar-refractivity contribution in [3.63, 3.8) is 0 Å². The summed E-state index contributed by atoms with van der Waals surface area (Å²) in [6.07, 6.45) is 3.89. The van der Waals surface area contributed by atoms with Gasteiger partial charge in [0.05, 0.1) is 12.3 Å². The van der Waals surface area contributed by atoms with Crippen molar-refractivity contribution < 1.29 is 22.0 Å². The molecule has 6 nitrogen and oxygen atoms in total. The molecule has 9 heteroatoms. The molecule has 1 saturated carbocycles. The maximum Gasteiger partial charge on any atom is 0.320 e. The van der Waals surface area contributed by atoms with Crippen molar-refractivity contribution in [1.82, 2.24) is 14.5 Å². The first-order valence-electron chi connectivity index (χ1n) is 11.2. The van der Waals surface area contributed by atoms with Crippen molar-refractivity contribution in [2.45, 2.75) is 37.8 Å². The third kappa shape index (κ3) is 4.24. The Morgan fingerprint density at radius 3 is 2.48 bits per heavy atom. The maximum atomic E-state index is 15.6. The standard InChI is InChI=1S/C24H27F2N3O3S/c1-33(31,32)27-22-20(29(15-24(22)9-10-24)23(30)28-11-4-12-28)14-17-6-3-8-19(21(17)26)16-5-2-7-18(25)13-16/h2-3,5-8,13,20,22,27H,4,9-12,14-15H2,1H3. The highest BCUT2D eigenvalue weighted by atomic mass is 32.2. The van der Waals surface area contributed by atoms with Crippen LogP contribution in [-0.2, 0) is 16.4 Å². The normalized spacial score (nSPS) is 23.6. The van der Waals surface area contributed by atoms with E-state index in [1.165, 1.54) is 18.2 Å². The number of hydrogen-bond acceptors (Lipinski definition) is 3. The summed E-state index contributed by atoms with van der Waals surface area (Å²) in [4.78, 5) is 16.7. The van der Waals surface area contributed by atoms with Crippen LogP contribution >= 0.6 is 0 Å². The largest absolute Gasteiger partial charge is 0.325 e. The summed E-state index contributed by atoms with van der Waals surface area (Å²) in [5.41, 5.74) is 0.782. The molecule has 0 aromatic heterocycles. The number of halogens is 2. The van der Waals surface area contributed by atoms with Crippen LogP contribution in [0, 0.1) is 17.0 Å². The molecular formula is C24H27F2N3O3S. The first-order valence-corrected chi connectivity index (χ1v) is 13.1. The second-order valence-electron chi connectivity index (χ2n) is 9.54. The van der Waals surface area contributed by atoms with Gasteiger partial charge in [-0.2, -0.15) is 0 Å². The maximum absolute atomic E-state index is 15.6. The SMILES string of the molecule is CS(=O)(=O)NC1C(Cc2cccc(-c3cccc(F)c3)c2F)N(C(=O)N2CCC2)CC12CC2. The summed E-state index contributed by atoms with van der Waals surface area (Å²) < 4.78 is 56.5. The van der Waals surface area contributed by atoms with Crippen molar-refractivity contribution >= 4 is 16.1 Å². The smallest absolute Gasteiger partial charge is 0.320 e. The predicted octanol–water partition coefficient (Wildman–Crippen LogP) is 3.38. The lowest BCUT2D eigenvalue weighted by Gasteiger charge is -2.37. The molecule has 5 rings (SSSR count). The summed E-state index contributed by atoms with van der Waals surface area (Å²) in [5, 5.41) is 0. The first-order chi connectivity index (χ1) is 15.7. The second kappa shape index (κ2) is 8.06. The zero-order valence-corrected chi connectivity index (χ0v) is 19.2. The van der Waals surface area contributed by atoms with Gasteiger partial charge in [0.2, 0.25) is 10.0 Å². The number of amides is 2. The Kier molecular flexibility index (Phi) is 5.44. The van der Waals surface area contributed by atoms with E-state index >= 15 is 4.39 Å². The zero-order valence-electron chi connectivity index (χ0n) is 18.4. The van der Waals surface area contributed by atoms with Crippen molar-refractivity contribution in [3.8, 4) is 11.1 Å². The molecule has 2 unspecified atom stereocenters. The fraction of sp³-hybridized carbons (Fsp3) is 0.458. The summed E-state index contributed by atoms with van der Waals surface area (Å²) in [7, 11) is -3.53. The number of nitrogens with zero attached hydrogens (tertiary/aromatic N) is 2. The molecule has 1 spiro atoms. The molecule has 2 heterocycles. The summed E-state index contributed by atoms with van der Waals surface area (Å²) in [6.45, 7) is 1.83. The van der Waals surface area contributed by atoms with E-state index in [0.29, 0.717) is 30.8 Å². The number of urea groups is 1. The Morgan fingerprint density at radius 1 is 1.15 bits per heavy atom. The molecule has 3 fully saturated rings. The van der Waals surface area contributed by atoms with Gasteiger partial charge in [-0.3, -0.25) is 0 Å². The van der Waals surface area contributed by atoms with Crippen LogP contribution in [0.25, 0.3) is 11.1 Å². The molecule has 33 heavy (non-hydrogen) atoms. The number of rotatable bonds is 5. The number of carbonyl (C=O) groups excluding carboxylic acids is 1. The minimum Gasteiger partial charge on any atom is -0.325 e. The highest BCUT2D eigenvalue weighted by Crippen LogP contribution is 2.55. The van der Waals surface area contributed by atoms with E-state index in [1.807, 2.05) is 0 Å². The number of sulfonamides is 1. The molecule has 2 amide bonds. The minimum atomic E-state index is -3.53. The van der Waals surface area contributed by atoms with Gasteiger partial charge in [0, 0.05) is 36.7 Å². The van der Waals surface area contributed by atoms with E-state index in [-0.39, 0.29) is 23.4 Å². The molecule has 176 valence electrons. The Balaban J connectivity index is 1.51. The van der Waals surface area contributed by atoms with Crippen LogP contribution in [0.1, 0.15) is 24.8 Å². The van der Waals surface area contributed by atoms with Crippen LogP contribution in [-0.4, -0.2) is 62.2 Å². The topological polar surface area (TPSA) is 69.7 Å². The molecule has 0 bridgehead atoms. The molecule has 2 atom stereocenters. The molecule has 2 aliphatic heterocycles. The Bertz CT molecular complexity index is 1200. The summed E-state index contributed by atoms with van der Waals surface area (Å²) in [5.74, 6) is -0.929. The Hall–Kier alpha value is -2.52. The Labute approximate surface area is 192 Å². The van der Waals surface area contributed by atoms with Crippen LogP contribution in [0.5, 0.6) is 0 Å². The van der Waals surface area contributed by atoms with Gasteiger partial charge >= 0.3 is 6.03 Å². The van der Waals surface area contributed by atoms with Gasteiger partial charge in [0.15, 0.2) is 0 Å². The van der Waals surface area contributed by atoms with E-state index < -0.39 is 33.7 Å². The lowest BCUT2D eigenvalue weighted by molar-refractivity contribution is 0.120. The average molecular weight is 476 g/mol. The van der Waals surface area contributed by atoms with Crippen molar-refractivity contribution in [1.29, 1.82) is 0 Å². The third-order valence-electron chi connectivity index (χ3n) is 7.18. The van der Waals surface area contributed by atoms with Crippen LogP contribution in [0.4, 0.5) is 13.6 Å². The number of carbonyl (C=O) groups is 1. The second-order valence-corrected chi connectivity index (χ2v) is 11.3. The lowest BCUT2D eigenvalue weighted by Crippen LogP contribution is -2.54. The summed E-state index contributed by atoms with van der Waals surface area (Å²) in [6, 6.07) is 9.63. The molecule has 0 radical (unpaired) electrons. The fourth-order valence-electron chi connectivity index (χ4n) is 5.18. The van der Waals surface area contributed by atoms with Gasteiger partial charge in [-0.1, -0.05) is 30.3 Å². The predicted molar refractivity (Wildman–Crippen MR) is 121 cm³/mol. The van der Waals surface area contributed by atoms with Crippen molar-refractivity contribution in [2.75, 3.05) is 25.9 Å². The van der Waals surface area contributed by atoms with Crippen LogP contribution in [0.15, 0.2) is 42.5 Å². The van der Waals surface area contributed by atoms with Crippen molar-refractivity contribution in [3.05, 3.63) is 59.7 Å². The lowest BCUT2D eigenvalue weighted by atomic mass is 9.91. The first kappa shape index (κ1) is 22.3. The Morgan fingerprint density at radius 2 is 1.88 bits per heavy atom. The number of benzene rings is 2. The molecule has 2 aromatic carbocycles. The van der Waals surface area contributed by atoms with E-state index in [2.05, 4.69) is 4.72 Å². The number of nitrogens with one attached hydrogen (secondary N) is 1. The highest BCUT2D eigenvalue weighted by Gasteiger charge is 2.61. The monoisotopic (exact) mass is 475 g/mol. The van der Waals surface area contributed by atoms with Gasteiger partial charge in [0.25, 0.3) is 0 Å². The molecule has 3 aliphatic rings. The molecule has 2 saturated heterocycles. The van der Waals surface area contributed by atoms with Gasteiger partial charge in [0.1, 0.15) is 11.6 Å². The van der Waals surface area contributed by atoms with Crippen LogP contribution < -0.4 is 4.72 Å². The van der Waals surface area contributed by atoms with Gasteiger partial charge in [-0.25, -0.2) is 26.7 Å².